The van der Waals surface area contributed by atoms with Crippen LogP contribution in [0.5, 0.6) is 5.75 Å². The number of imidazole rings is 1. The Hall–Kier alpha value is -1.81. The Morgan fingerprint density at radius 2 is 1.95 bits per heavy atom. The zero-order chi connectivity index (χ0) is 15.2. The van der Waals surface area contributed by atoms with Crippen molar-refractivity contribution >= 4 is 0 Å². The summed E-state index contributed by atoms with van der Waals surface area (Å²) >= 11 is 0. The quantitative estimate of drug-likeness (QED) is 0.848. The lowest BCUT2D eigenvalue weighted by molar-refractivity contribution is 0.413. The second kappa shape index (κ2) is 7.27. The largest absolute Gasteiger partial charge is 0.497 e. The van der Waals surface area contributed by atoms with Crippen molar-refractivity contribution in [1.29, 1.82) is 0 Å². The minimum Gasteiger partial charge on any atom is -0.497 e. The van der Waals surface area contributed by atoms with Crippen LogP contribution < -0.4 is 10.1 Å². The molecule has 1 heterocycles. The third-order valence-electron chi connectivity index (χ3n) is 3.61. The van der Waals surface area contributed by atoms with Crippen LogP contribution >= 0.6 is 0 Å². The van der Waals surface area contributed by atoms with Gasteiger partial charge in [0.05, 0.1) is 13.2 Å². The number of rotatable bonds is 7. The van der Waals surface area contributed by atoms with Gasteiger partial charge in [-0.05, 0) is 24.2 Å². The van der Waals surface area contributed by atoms with Gasteiger partial charge in [-0.1, -0.05) is 32.9 Å². The maximum absolute atomic E-state index is 5.23. The fraction of sp³-hybridized carbons (Fsp3) is 0.471. The summed E-state index contributed by atoms with van der Waals surface area (Å²) in [5.41, 5.74) is 1.26. The fourth-order valence-electron chi connectivity index (χ4n) is 2.54. The van der Waals surface area contributed by atoms with Crippen molar-refractivity contribution in [1.82, 2.24) is 14.9 Å². The summed E-state index contributed by atoms with van der Waals surface area (Å²) in [7, 11) is 1.69. The van der Waals surface area contributed by atoms with Gasteiger partial charge in [0.2, 0.25) is 0 Å². The van der Waals surface area contributed by atoms with E-state index in [0.717, 1.165) is 24.7 Å². The van der Waals surface area contributed by atoms with Crippen LogP contribution in [0.1, 0.15) is 44.1 Å². The Balaban J connectivity index is 2.19. The van der Waals surface area contributed by atoms with Crippen molar-refractivity contribution in [2.45, 2.75) is 39.3 Å². The molecule has 2 aromatic rings. The van der Waals surface area contributed by atoms with Gasteiger partial charge in [-0.2, -0.15) is 0 Å². The van der Waals surface area contributed by atoms with Crippen molar-refractivity contribution < 1.29 is 4.74 Å². The molecule has 0 radical (unpaired) electrons. The summed E-state index contributed by atoms with van der Waals surface area (Å²) in [5.74, 6) is 2.45. The van der Waals surface area contributed by atoms with Crippen LogP contribution in [0.3, 0.4) is 0 Å². The summed E-state index contributed by atoms with van der Waals surface area (Å²) < 4.78 is 7.47. The standard InChI is InChI=1S/C17H25N3O/c1-5-18-16(14-6-8-15(21-4)9-7-14)12-20-11-10-19-17(20)13(2)3/h6-11,13,16,18H,5,12H2,1-4H3. The van der Waals surface area contributed by atoms with E-state index in [9.17, 15) is 0 Å². The van der Waals surface area contributed by atoms with Crippen LogP contribution in [0, 0.1) is 0 Å². The van der Waals surface area contributed by atoms with Crippen LogP contribution in [0.4, 0.5) is 0 Å². The summed E-state index contributed by atoms with van der Waals surface area (Å²) in [5, 5.41) is 3.55. The number of hydrogen-bond acceptors (Lipinski definition) is 3. The Labute approximate surface area is 127 Å². The molecule has 0 fully saturated rings. The molecule has 0 bridgehead atoms. The van der Waals surface area contributed by atoms with Crippen LogP contribution in [0.2, 0.25) is 0 Å². The maximum atomic E-state index is 5.23. The van der Waals surface area contributed by atoms with Gasteiger partial charge in [0.1, 0.15) is 11.6 Å². The van der Waals surface area contributed by atoms with Crippen molar-refractivity contribution in [3.63, 3.8) is 0 Å². The van der Waals surface area contributed by atoms with E-state index in [1.165, 1.54) is 5.56 Å². The smallest absolute Gasteiger partial charge is 0.118 e. The number of hydrogen-bond donors (Lipinski definition) is 1. The Kier molecular flexibility index (Phi) is 5.39. The van der Waals surface area contributed by atoms with Gasteiger partial charge in [0, 0.05) is 24.9 Å². The molecule has 1 aromatic carbocycles. The molecule has 114 valence electrons. The van der Waals surface area contributed by atoms with E-state index in [0.29, 0.717) is 5.92 Å². The van der Waals surface area contributed by atoms with Crippen LogP contribution in [-0.4, -0.2) is 23.2 Å². The lowest BCUT2D eigenvalue weighted by Crippen LogP contribution is -2.26. The van der Waals surface area contributed by atoms with Gasteiger partial charge < -0.3 is 14.6 Å². The molecule has 4 heteroatoms. The van der Waals surface area contributed by atoms with Crippen molar-refractivity contribution in [3.8, 4) is 5.75 Å². The number of nitrogens with one attached hydrogen (secondary N) is 1. The molecule has 1 aromatic heterocycles. The Morgan fingerprint density at radius 1 is 1.24 bits per heavy atom. The first-order chi connectivity index (χ1) is 10.2. The highest BCUT2D eigenvalue weighted by Gasteiger charge is 2.14. The average Bonchev–Trinajstić information content (AvgIpc) is 2.95. The molecule has 0 aliphatic carbocycles. The first kappa shape index (κ1) is 15.6. The van der Waals surface area contributed by atoms with Crippen molar-refractivity contribution in [2.24, 2.45) is 0 Å². The molecule has 0 saturated heterocycles. The number of methoxy groups -OCH3 is 1. The molecule has 1 atom stereocenters. The lowest BCUT2D eigenvalue weighted by atomic mass is 10.1. The molecule has 0 amide bonds. The zero-order valence-electron chi connectivity index (χ0n) is 13.3. The predicted octanol–water partition coefficient (Wildman–Crippen LogP) is 3.37. The zero-order valence-corrected chi connectivity index (χ0v) is 13.3. The van der Waals surface area contributed by atoms with E-state index >= 15 is 0 Å². The van der Waals surface area contributed by atoms with E-state index in [1.54, 1.807) is 7.11 Å². The van der Waals surface area contributed by atoms with E-state index in [-0.39, 0.29) is 6.04 Å². The average molecular weight is 287 g/mol. The van der Waals surface area contributed by atoms with Gasteiger partial charge in [-0.15, -0.1) is 0 Å². The first-order valence-corrected chi connectivity index (χ1v) is 7.54. The Bertz CT molecular complexity index is 545. The molecule has 0 spiro atoms. The van der Waals surface area contributed by atoms with Gasteiger partial charge in [-0.25, -0.2) is 4.98 Å². The van der Waals surface area contributed by atoms with Crippen LogP contribution in [0.25, 0.3) is 0 Å². The van der Waals surface area contributed by atoms with Crippen LogP contribution in [0.15, 0.2) is 36.7 Å². The number of ether oxygens (including phenoxy) is 1. The maximum Gasteiger partial charge on any atom is 0.118 e. The molecule has 4 nitrogen and oxygen atoms in total. The third-order valence-corrected chi connectivity index (χ3v) is 3.61. The van der Waals surface area contributed by atoms with E-state index in [1.807, 2.05) is 18.3 Å². The summed E-state index contributed by atoms with van der Waals surface area (Å²) in [6.07, 6.45) is 3.94. The van der Waals surface area contributed by atoms with E-state index < -0.39 is 0 Å². The Morgan fingerprint density at radius 3 is 2.52 bits per heavy atom. The number of likely N-dealkylation sites (N-methyl/N-ethyl adjacent to an activating group) is 1. The first-order valence-electron chi connectivity index (χ1n) is 7.54. The monoisotopic (exact) mass is 287 g/mol. The third kappa shape index (κ3) is 3.85. The number of benzene rings is 1. The summed E-state index contributed by atoms with van der Waals surface area (Å²) in [6, 6.07) is 8.54. The highest BCUT2D eigenvalue weighted by atomic mass is 16.5. The van der Waals surface area contributed by atoms with Gasteiger partial charge >= 0.3 is 0 Å². The molecule has 0 aliphatic rings. The summed E-state index contributed by atoms with van der Waals surface area (Å²) in [6.45, 7) is 8.30. The second-order valence-electron chi connectivity index (χ2n) is 5.48. The minimum absolute atomic E-state index is 0.271. The predicted molar refractivity (Wildman–Crippen MR) is 85.7 cm³/mol. The molecule has 0 saturated carbocycles. The molecule has 21 heavy (non-hydrogen) atoms. The van der Waals surface area contributed by atoms with Gasteiger partial charge in [-0.3, -0.25) is 0 Å². The highest BCUT2D eigenvalue weighted by molar-refractivity contribution is 5.29. The van der Waals surface area contributed by atoms with Crippen molar-refractivity contribution in [3.05, 3.63) is 48.0 Å². The van der Waals surface area contributed by atoms with Crippen LogP contribution in [-0.2, 0) is 6.54 Å². The number of aromatic nitrogens is 2. The number of nitrogens with zero attached hydrogens (tertiary/aromatic N) is 2. The second-order valence-corrected chi connectivity index (χ2v) is 5.48. The lowest BCUT2D eigenvalue weighted by Gasteiger charge is -2.21. The molecular formula is C17H25N3O. The molecule has 0 aliphatic heterocycles. The minimum atomic E-state index is 0.271. The topological polar surface area (TPSA) is 39.1 Å². The fourth-order valence-corrected chi connectivity index (χ4v) is 2.54. The van der Waals surface area contributed by atoms with Gasteiger partial charge in [0.15, 0.2) is 0 Å². The van der Waals surface area contributed by atoms with Crippen molar-refractivity contribution in [2.75, 3.05) is 13.7 Å². The van der Waals surface area contributed by atoms with Gasteiger partial charge in [0.25, 0.3) is 0 Å². The molecular weight excluding hydrogens is 262 g/mol. The van der Waals surface area contributed by atoms with E-state index in [4.69, 9.17) is 4.74 Å². The SMILES string of the molecule is CCNC(Cn1ccnc1C(C)C)c1ccc(OC)cc1. The highest BCUT2D eigenvalue weighted by Crippen LogP contribution is 2.21. The normalized spacial score (nSPS) is 12.6. The van der Waals surface area contributed by atoms with E-state index in [2.05, 4.69) is 54.0 Å². The summed E-state index contributed by atoms with van der Waals surface area (Å²) in [4.78, 5) is 4.47. The molecule has 2 rings (SSSR count). The molecule has 1 unspecified atom stereocenters. The molecule has 1 N–H and O–H groups in total.